The summed E-state index contributed by atoms with van der Waals surface area (Å²) < 4.78 is 11.4. The summed E-state index contributed by atoms with van der Waals surface area (Å²) in [7, 11) is 0. The fraction of sp³-hybridized carbons (Fsp3) is 0.263. The molecular formula is C19H18N2O3S. The molecule has 2 aromatic heterocycles. The lowest BCUT2D eigenvalue weighted by Crippen LogP contribution is -2.34. The Bertz CT molecular complexity index is 903. The van der Waals surface area contributed by atoms with Crippen LogP contribution < -0.4 is 10.1 Å². The Labute approximate surface area is 149 Å². The number of hydrogen-bond acceptors (Lipinski definition) is 5. The molecule has 0 unspecified atom stereocenters. The summed E-state index contributed by atoms with van der Waals surface area (Å²) >= 11 is 1.35. The van der Waals surface area contributed by atoms with Gasteiger partial charge in [0.2, 0.25) is 0 Å². The quantitative estimate of drug-likeness (QED) is 0.775. The summed E-state index contributed by atoms with van der Waals surface area (Å²) in [6, 6.07) is 11.7. The average Bonchev–Trinajstić information content (AvgIpc) is 3.30. The predicted molar refractivity (Wildman–Crippen MR) is 96.2 cm³/mol. The van der Waals surface area contributed by atoms with Crippen LogP contribution in [0.2, 0.25) is 0 Å². The van der Waals surface area contributed by atoms with E-state index in [9.17, 15) is 4.79 Å². The van der Waals surface area contributed by atoms with Crippen LogP contribution in [-0.4, -0.2) is 23.5 Å². The summed E-state index contributed by atoms with van der Waals surface area (Å²) in [5, 5.41) is 3.68. The smallest absolute Gasteiger partial charge is 0.263 e. The fourth-order valence-corrected chi connectivity index (χ4v) is 3.86. The maximum Gasteiger partial charge on any atom is 0.263 e. The van der Waals surface area contributed by atoms with Crippen molar-refractivity contribution in [3.05, 3.63) is 58.3 Å². The van der Waals surface area contributed by atoms with E-state index in [1.807, 2.05) is 44.2 Å². The van der Waals surface area contributed by atoms with Gasteiger partial charge >= 0.3 is 0 Å². The number of nitrogens with one attached hydrogen (secondary N) is 1. The van der Waals surface area contributed by atoms with Crippen molar-refractivity contribution in [3.8, 4) is 16.5 Å². The van der Waals surface area contributed by atoms with Crippen molar-refractivity contribution < 1.29 is 13.9 Å². The van der Waals surface area contributed by atoms with E-state index < -0.39 is 0 Å². The molecule has 0 saturated carbocycles. The minimum atomic E-state index is -0.121. The minimum absolute atomic E-state index is 0.0261. The van der Waals surface area contributed by atoms with E-state index in [1.54, 1.807) is 0 Å². The number of fused-ring (bicyclic) bond motifs is 1. The zero-order valence-electron chi connectivity index (χ0n) is 14.0. The van der Waals surface area contributed by atoms with Gasteiger partial charge in [-0.3, -0.25) is 4.79 Å². The Morgan fingerprint density at radius 2 is 2.12 bits per heavy atom. The number of nitrogens with zero attached hydrogens (tertiary/aromatic N) is 1. The third-order valence-electron chi connectivity index (χ3n) is 4.16. The molecular weight excluding hydrogens is 336 g/mol. The van der Waals surface area contributed by atoms with Gasteiger partial charge in [-0.25, -0.2) is 4.98 Å². The molecule has 0 aliphatic carbocycles. The van der Waals surface area contributed by atoms with Gasteiger partial charge in [0.05, 0.1) is 12.2 Å². The van der Waals surface area contributed by atoms with Crippen molar-refractivity contribution in [2.24, 2.45) is 0 Å². The van der Waals surface area contributed by atoms with Crippen LogP contribution in [-0.2, 0) is 6.42 Å². The number of carbonyl (C=O) groups excluding carboxylic acids is 1. The van der Waals surface area contributed by atoms with Crippen molar-refractivity contribution in [1.29, 1.82) is 0 Å². The number of para-hydroxylation sites is 1. The zero-order valence-corrected chi connectivity index (χ0v) is 14.9. The number of carbonyl (C=O) groups is 1. The monoisotopic (exact) mass is 354 g/mol. The van der Waals surface area contributed by atoms with Crippen LogP contribution in [0.25, 0.3) is 10.8 Å². The summed E-state index contributed by atoms with van der Waals surface area (Å²) in [6.07, 6.45) is 0.788. The number of aromatic nitrogens is 1. The molecule has 1 aliphatic rings. The maximum absolute atomic E-state index is 12.5. The largest absolute Gasteiger partial charge is 0.488 e. The lowest BCUT2D eigenvalue weighted by atomic mass is 10.1. The highest BCUT2D eigenvalue weighted by Crippen LogP contribution is 2.30. The normalized spacial score (nSPS) is 15.7. The van der Waals surface area contributed by atoms with E-state index in [0.717, 1.165) is 22.9 Å². The molecule has 6 heteroatoms. The van der Waals surface area contributed by atoms with Crippen LogP contribution in [0.15, 0.2) is 40.8 Å². The first-order valence-electron chi connectivity index (χ1n) is 8.17. The van der Waals surface area contributed by atoms with Crippen molar-refractivity contribution in [1.82, 2.24) is 10.3 Å². The first-order valence-corrected chi connectivity index (χ1v) is 8.99. The number of furan rings is 1. The first-order chi connectivity index (χ1) is 12.1. The van der Waals surface area contributed by atoms with Crippen molar-refractivity contribution >= 4 is 17.2 Å². The summed E-state index contributed by atoms with van der Waals surface area (Å²) in [5.41, 5.74) is 1.90. The zero-order chi connectivity index (χ0) is 17.4. The van der Waals surface area contributed by atoms with E-state index in [4.69, 9.17) is 9.15 Å². The average molecular weight is 354 g/mol. The Hall–Kier alpha value is -2.60. The summed E-state index contributed by atoms with van der Waals surface area (Å²) in [5.74, 6) is 2.31. The molecule has 0 fully saturated rings. The van der Waals surface area contributed by atoms with Crippen molar-refractivity contribution in [2.45, 2.75) is 26.4 Å². The van der Waals surface area contributed by atoms with Crippen LogP contribution >= 0.6 is 11.3 Å². The lowest BCUT2D eigenvalue weighted by molar-refractivity contribution is 0.0937. The van der Waals surface area contributed by atoms with Crippen LogP contribution in [0, 0.1) is 13.8 Å². The van der Waals surface area contributed by atoms with E-state index in [1.165, 1.54) is 16.9 Å². The highest BCUT2D eigenvalue weighted by atomic mass is 32.1. The Balaban J connectivity index is 1.41. The molecule has 1 aromatic carbocycles. The highest BCUT2D eigenvalue weighted by Gasteiger charge is 2.24. The number of ether oxygens (including phenoxy) is 1. The van der Waals surface area contributed by atoms with Gasteiger partial charge in [-0.05, 0) is 37.6 Å². The van der Waals surface area contributed by atoms with Crippen LogP contribution in [0.5, 0.6) is 5.75 Å². The third-order valence-corrected chi connectivity index (χ3v) is 5.33. The molecule has 3 heterocycles. The van der Waals surface area contributed by atoms with Crippen LogP contribution in [0.4, 0.5) is 0 Å². The molecule has 3 aromatic rings. The second-order valence-corrected chi connectivity index (χ2v) is 7.10. The SMILES string of the molecule is Cc1ccc(-c2nc(C)c(C(=O)NC[C@H]3Cc4ccccc4O3)s2)o1. The molecule has 0 saturated heterocycles. The standard InChI is InChI=1S/C19H18N2O3S/c1-11-7-8-16(23-11)19-21-12(2)17(25-19)18(22)20-10-14-9-13-5-3-4-6-15(13)24-14/h3-8,14H,9-10H2,1-2H3,(H,20,22)/t14-/m1/s1. The minimum Gasteiger partial charge on any atom is -0.488 e. The van der Waals surface area contributed by atoms with Gasteiger partial charge in [0, 0.05) is 6.42 Å². The van der Waals surface area contributed by atoms with Crippen LogP contribution in [0.3, 0.4) is 0 Å². The lowest BCUT2D eigenvalue weighted by Gasteiger charge is -2.11. The Morgan fingerprint density at radius 3 is 2.88 bits per heavy atom. The first kappa shape index (κ1) is 15.9. The van der Waals surface area contributed by atoms with Gasteiger partial charge < -0.3 is 14.5 Å². The Kier molecular flexibility index (Phi) is 4.05. The topological polar surface area (TPSA) is 64.4 Å². The second-order valence-electron chi connectivity index (χ2n) is 6.11. The molecule has 4 rings (SSSR count). The van der Waals surface area contributed by atoms with Gasteiger partial charge in [0.1, 0.15) is 22.5 Å². The number of thiazole rings is 1. The van der Waals surface area contributed by atoms with E-state index in [0.29, 0.717) is 22.9 Å². The summed E-state index contributed by atoms with van der Waals surface area (Å²) in [6.45, 7) is 4.20. The molecule has 0 spiro atoms. The molecule has 0 radical (unpaired) electrons. The molecule has 1 atom stereocenters. The molecule has 1 amide bonds. The predicted octanol–water partition coefficient (Wildman–Crippen LogP) is 3.75. The second kappa shape index (κ2) is 6.37. The molecule has 1 aliphatic heterocycles. The molecule has 0 bridgehead atoms. The van der Waals surface area contributed by atoms with Gasteiger partial charge in [-0.2, -0.15) is 0 Å². The number of aryl methyl sites for hydroxylation is 2. The van der Waals surface area contributed by atoms with Gasteiger partial charge in [0.15, 0.2) is 10.8 Å². The van der Waals surface area contributed by atoms with E-state index >= 15 is 0 Å². The highest BCUT2D eigenvalue weighted by molar-refractivity contribution is 7.17. The number of benzene rings is 1. The maximum atomic E-state index is 12.5. The van der Waals surface area contributed by atoms with E-state index in [2.05, 4.69) is 16.4 Å². The molecule has 1 N–H and O–H groups in total. The molecule has 5 nitrogen and oxygen atoms in total. The van der Waals surface area contributed by atoms with Crippen molar-refractivity contribution in [3.63, 3.8) is 0 Å². The number of hydrogen-bond donors (Lipinski definition) is 1. The van der Waals surface area contributed by atoms with Gasteiger partial charge in [-0.15, -0.1) is 11.3 Å². The number of amides is 1. The van der Waals surface area contributed by atoms with E-state index in [-0.39, 0.29) is 12.0 Å². The van der Waals surface area contributed by atoms with Crippen LogP contribution in [0.1, 0.15) is 26.7 Å². The van der Waals surface area contributed by atoms with Gasteiger partial charge in [0.25, 0.3) is 5.91 Å². The summed E-state index contributed by atoms with van der Waals surface area (Å²) in [4.78, 5) is 17.6. The van der Waals surface area contributed by atoms with Gasteiger partial charge in [-0.1, -0.05) is 18.2 Å². The third kappa shape index (κ3) is 3.17. The Morgan fingerprint density at radius 1 is 1.28 bits per heavy atom. The van der Waals surface area contributed by atoms with Crippen molar-refractivity contribution in [2.75, 3.05) is 6.54 Å². The fourth-order valence-electron chi connectivity index (χ4n) is 2.92. The number of rotatable bonds is 4. The molecule has 25 heavy (non-hydrogen) atoms. The molecule has 128 valence electrons.